The molecule has 5 rings (SSSR count). The van der Waals surface area contributed by atoms with Crippen molar-refractivity contribution in [3.8, 4) is 0 Å². The lowest BCUT2D eigenvalue weighted by Gasteiger charge is -2.51. The first-order valence-electron chi connectivity index (χ1n) is 11.6. The number of esters is 1. The summed E-state index contributed by atoms with van der Waals surface area (Å²) in [5, 5.41) is 11.5. The van der Waals surface area contributed by atoms with E-state index in [1.807, 2.05) is 4.90 Å². The highest BCUT2D eigenvalue weighted by Crippen LogP contribution is 2.55. The number of aliphatic hydroxyl groups excluding tert-OH is 1. The Morgan fingerprint density at radius 1 is 1.35 bits per heavy atom. The second-order valence-corrected chi connectivity index (χ2v) is 10.0. The molecular weight excluding hydrogens is 396 g/mol. The molecule has 0 aromatic carbocycles. The van der Waals surface area contributed by atoms with Crippen LogP contribution in [-0.4, -0.2) is 66.8 Å². The van der Waals surface area contributed by atoms with E-state index in [0.717, 1.165) is 32.4 Å². The van der Waals surface area contributed by atoms with Crippen LogP contribution in [0, 0.1) is 23.2 Å². The summed E-state index contributed by atoms with van der Waals surface area (Å²) in [7, 11) is 0. The molecule has 0 radical (unpaired) electrons. The van der Waals surface area contributed by atoms with E-state index in [9.17, 15) is 14.7 Å². The number of carbonyl (C=O) groups is 2. The molecule has 7 heteroatoms. The molecule has 1 aromatic heterocycles. The quantitative estimate of drug-likeness (QED) is 0.551. The molecule has 1 amide bonds. The maximum Gasteiger partial charge on any atom is 0.315 e. The van der Waals surface area contributed by atoms with Gasteiger partial charge in [-0.15, -0.1) is 0 Å². The van der Waals surface area contributed by atoms with Crippen molar-refractivity contribution >= 4 is 11.9 Å². The number of aliphatic hydroxyl groups is 1. The summed E-state index contributed by atoms with van der Waals surface area (Å²) in [6.07, 6.45) is 5.88. The average molecular weight is 430 g/mol. The number of nitrogens with one attached hydrogen (secondary N) is 1. The molecule has 7 nitrogen and oxygen atoms in total. The number of furan rings is 1. The van der Waals surface area contributed by atoms with Crippen molar-refractivity contribution in [2.75, 3.05) is 32.7 Å². The summed E-state index contributed by atoms with van der Waals surface area (Å²) in [6.45, 7) is 7.89. The number of carbonyl (C=O) groups excluding carboxylic acids is 2. The Bertz CT molecular complexity index is 873. The molecule has 3 heterocycles. The van der Waals surface area contributed by atoms with Gasteiger partial charge in [0.05, 0.1) is 45.1 Å². The molecule has 1 saturated carbocycles. The van der Waals surface area contributed by atoms with Gasteiger partial charge in [0.2, 0.25) is 0 Å². The Hall–Kier alpha value is -2.12. The minimum absolute atomic E-state index is 0.0781. The number of rotatable bonds is 3. The third-order valence-corrected chi connectivity index (χ3v) is 8.57. The van der Waals surface area contributed by atoms with Crippen LogP contribution in [0.4, 0.5) is 0 Å². The largest absolute Gasteiger partial charge is 0.461 e. The van der Waals surface area contributed by atoms with E-state index in [1.165, 1.54) is 16.7 Å². The first-order valence-corrected chi connectivity index (χ1v) is 11.6. The molecule has 6 atom stereocenters. The maximum absolute atomic E-state index is 12.8. The van der Waals surface area contributed by atoms with Crippen molar-refractivity contribution in [3.05, 3.63) is 35.8 Å². The molecule has 0 bridgehead atoms. The van der Waals surface area contributed by atoms with Gasteiger partial charge >= 0.3 is 5.97 Å². The van der Waals surface area contributed by atoms with Crippen LogP contribution in [0.2, 0.25) is 0 Å². The minimum atomic E-state index is -0.564. The summed E-state index contributed by atoms with van der Waals surface area (Å²) in [5.74, 6) is 0.0927. The summed E-state index contributed by atoms with van der Waals surface area (Å²) in [5.41, 5.74) is 1.00. The van der Waals surface area contributed by atoms with Crippen molar-refractivity contribution in [2.24, 2.45) is 23.2 Å². The molecule has 2 N–H and O–H groups in total. The number of allylic oxidation sites excluding steroid dienone is 1. The smallest absolute Gasteiger partial charge is 0.315 e. The van der Waals surface area contributed by atoms with E-state index in [1.54, 1.807) is 12.1 Å². The molecule has 1 aromatic rings. The number of hydrogen-bond acceptors (Lipinski definition) is 5. The van der Waals surface area contributed by atoms with E-state index >= 15 is 0 Å². The third kappa shape index (κ3) is 3.33. The van der Waals surface area contributed by atoms with Crippen molar-refractivity contribution in [1.29, 1.82) is 0 Å². The van der Waals surface area contributed by atoms with Crippen molar-refractivity contribution in [1.82, 2.24) is 4.90 Å². The monoisotopic (exact) mass is 429 g/mol. The average Bonchev–Trinajstić information content (AvgIpc) is 3.39. The van der Waals surface area contributed by atoms with Gasteiger partial charge < -0.3 is 24.1 Å². The zero-order valence-electron chi connectivity index (χ0n) is 18.4. The van der Waals surface area contributed by atoms with Gasteiger partial charge in [0, 0.05) is 17.8 Å². The highest BCUT2D eigenvalue weighted by Gasteiger charge is 2.60. The molecule has 0 unspecified atom stereocenters. The SMILES string of the molecule is C[C@H]1CCC=C2C[C@H]3OC(=O)[C@H](C[NH+]4CCN(C(=O)c5ccco5)CC4)[C@H]3[C@@H](O)[C@@]21C. The fraction of sp³-hybridized carbons (Fsp3) is 0.667. The molecule has 4 aliphatic rings. The van der Waals surface area contributed by atoms with Gasteiger partial charge in [-0.2, -0.15) is 0 Å². The van der Waals surface area contributed by atoms with Crippen LogP contribution < -0.4 is 4.90 Å². The lowest BCUT2D eigenvalue weighted by atomic mass is 9.55. The summed E-state index contributed by atoms with van der Waals surface area (Å²) in [6, 6.07) is 3.41. The van der Waals surface area contributed by atoms with Gasteiger partial charge in [0.1, 0.15) is 12.0 Å². The van der Waals surface area contributed by atoms with Crippen molar-refractivity contribution in [3.63, 3.8) is 0 Å². The second-order valence-electron chi connectivity index (χ2n) is 10.0. The maximum atomic E-state index is 12.8. The Morgan fingerprint density at radius 3 is 2.84 bits per heavy atom. The topological polar surface area (TPSA) is 84.4 Å². The number of amides is 1. The molecular formula is C24H33N2O5+. The minimum Gasteiger partial charge on any atom is -0.461 e. The molecule has 2 aliphatic heterocycles. The highest BCUT2D eigenvalue weighted by atomic mass is 16.6. The van der Waals surface area contributed by atoms with Crippen LogP contribution in [0.1, 0.15) is 43.7 Å². The Morgan fingerprint density at radius 2 is 2.13 bits per heavy atom. The van der Waals surface area contributed by atoms with E-state index in [-0.39, 0.29) is 35.2 Å². The fourth-order valence-corrected chi connectivity index (χ4v) is 6.39. The lowest BCUT2D eigenvalue weighted by Crippen LogP contribution is -3.15. The fourth-order valence-electron chi connectivity index (χ4n) is 6.39. The Kier molecular flexibility index (Phi) is 5.21. The number of nitrogens with zero attached hydrogens (tertiary/aromatic N) is 1. The number of ether oxygens (including phenoxy) is 1. The zero-order valence-corrected chi connectivity index (χ0v) is 18.4. The Labute approximate surface area is 183 Å². The molecule has 2 saturated heterocycles. The van der Waals surface area contributed by atoms with Crippen LogP contribution in [0.25, 0.3) is 0 Å². The standard InChI is InChI=1S/C24H32N2O5/c1-15-5-3-6-16-13-19-20(21(27)24(15,16)2)17(23(29)31-19)14-25-8-10-26(11-9-25)22(28)18-7-4-12-30-18/h4,6-7,12,15,17,19-21,27H,3,5,8-11,13-14H2,1-2H3/p+1/t15-,17+,19+,20+,21+,24+/m0/s1. The molecule has 31 heavy (non-hydrogen) atoms. The summed E-state index contributed by atoms with van der Waals surface area (Å²) in [4.78, 5) is 28.4. The first-order chi connectivity index (χ1) is 14.9. The zero-order chi connectivity index (χ0) is 21.8. The van der Waals surface area contributed by atoms with E-state index < -0.39 is 6.10 Å². The highest BCUT2D eigenvalue weighted by molar-refractivity contribution is 5.91. The van der Waals surface area contributed by atoms with Gasteiger partial charge in [-0.05, 0) is 30.9 Å². The summed E-state index contributed by atoms with van der Waals surface area (Å²) < 4.78 is 11.0. The van der Waals surface area contributed by atoms with Crippen molar-refractivity contribution in [2.45, 2.75) is 45.3 Å². The van der Waals surface area contributed by atoms with E-state index in [4.69, 9.17) is 9.15 Å². The number of fused-ring (bicyclic) bond motifs is 2. The third-order valence-electron chi connectivity index (χ3n) is 8.57. The van der Waals surface area contributed by atoms with E-state index in [2.05, 4.69) is 19.9 Å². The molecule has 168 valence electrons. The first kappa shape index (κ1) is 20.8. The van der Waals surface area contributed by atoms with Gasteiger partial charge in [-0.25, -0.2) is 0 Å². The predicted octanol–water partition coefficient (Wildman–Crippen LogP) is 0.905. The van der Waals surface area contributed by atoms with Gasteiger partial charge in [-0.3, -0.25) is 9.59 Å². The van der Waals surface area contributed by atoms with Crippen LogP contribution >= 0.6 is 0 Å². The lowest BCUT2D eigenvalue weighted by molar-refractivity contribution is -0.906. The number of hydrogen-bond donors (Lipinski definition) is 2. The van der Waals surface area contributed by atoms with Crippen LogP contribution in [0.3, 0.4) is 0 Å². The van der Waals surface area contributed by atoms with Crippen molar-refractivity contribution < 1.29 is 28.7 Å². The number of quaternary nitrogens is 1. The van der Waals surface area contributed by atoms with E-state index in [0.29, 0.717) is 31.3 Å². The Balaban J connectivity index is 1.26. The van der Waals surface area contributed by atoms with Crippen LogP contribution in [0.5, 0.6) is 0 Å². The molecule has 2 aliphatic carbocycles. The summed E-state index contributed by atoms with van der Waals surface area (Å²) >= 11 is 0. The van der Waals surface area contributed by atoms with Crippen LogP contribution in [-0.2, 0) is 9.53 Å². The van der Waals surface area contributed by atoms with Gasteiger partial charge in [0.25, 0.3) is 5.91 Å². The normalized spacial score (nSPS) is 38.3. The van der Waals surface area contributed by atoms with Gasteiger partial charge in [0.15, 0.2) is 5.76 Å². The molecule has 3 fully saturated rings. The van der Waals surface area contributed by atoms with Crippen LogP contribution in [0.15, 0.2) is 34.5 Å². The second kappa shape index (κ2) is 7.78. The van der Waals surface area contributed by atoms with Gasteiger partial charge in [-0.1, -0.05) is 25.5 Å². The number of piperazine rings is 1. The predicted molar refractivity (Wildman–Crippen MR) is 112 cm³/mol. The molecule has 0 spiro atoms.